The van der Waals surface area contributed by atoms with Crippen LogP contribution in [0.25, 0.3) is 0 Å². The fourth-order valence-electron chi connectivity index (χ4n) is 2.85. The van der Waals surface area contributed by atoms with Crippen LogP contribution in [0.15, 0.2) is 29.4 Å². The number of anilines is 2. The molecule has 0 radical (unpaired) electrons. The minimum atomic E-state index is -0.0130. The molecule has 1 heterocycles. The summed E-state index contributed by atoms with van der Waals surface area (Å²) in [6.07, 6.45) is 4.85. The van der Waals surface area contributed by atoms with Gasteiger partial charge in [-0.05, 0) is 49.9 Å². The summed E-state index contributed by atoms with van der Waals surface area (Å²) in [5.74, 6) is 2.06. The molecule has 132 valence electrons. The van der Waals surface area contributed by atoms with Crippen molar-refractivity contribution in [2.24, 2.45) is 0 Å². The number of nitrogens with one attached hydrogen (secondary N) is 1. The van der Waals surface area contributed by atoms with E-state index in [1.54, 1.807) is 0 Å². The van der Waals surface area contributed by atoms with Gasteiger partial charge in [0.2, 0.25) is 5.91 Å². The molecule has 2 aliphatic rings. The Morgan fingerprint density at radius 2 is 1.92 bits per heavy atom. The quantitative estimate of drug-likeness (QED) is 0.771. The number of rotatable bonds is 7. The summed E-state index contributed by atoms with van der Waals surface area (Å²) in [7, 11) is 3.99. The van der Waals surface area contributed by atoms with Crippen molar-refractivity contribution in [2.45, 2.75) is 42.8 Å². The third-order valence-electron chi connectivity index (χ3n) is 4.55. The van der Waals surface area contributed by atoms with Gasteiger partial charge in [0.05, 0.1) is 5.75 Å². The van der Waals surface area contributed by atoms with E-state index < -0.39 is 0 Å². The van der Waals surface area contributed by atoms with Crippen molar-refractivity contribution in [2.75, 3.05) is 30.1 Å². The van der Waals surface area contributed by atoms with Gasteiger partial charge in [0.15, 0.2) is 5.16 Å². The van der Waals surface area contributed by atoms with Crippen molar-refractivity contribution in [3.63, 3.8) is 0 Å². The first kappa shape index (κ1) is 16.4. The molecular formula is C18H23N5OS. The van der Waals surface area contributed by atoms with Crippen LogP contribution >= 0.6 is 11.8 Å². The van der Waals surface area contributed by atoms with E-state index in [9.17, 15) is 4.79 Å². The Hall–Kier alpha value is -2.02. The van der Waals surface area contributed by atoms with E-state index >= 15 is 0 Å². The summed E-state index contributed by atoms with van der Waals surface area (Å²) >= 11 is 1.49. The summed E-state index contributed by atoms with van der Waals surface area (Å²) in [5, 5.41) is 12.6. The molecule has 2 aliphatic carbocycles. The maximum atomic E-state index is 12.3. The Kier molecular flexibility index (Phi) is 4.41. The minimum Gasteiger partial charge on any atom is -0.378 e. The Bertz CT molecular complexity index is 762. The third-order valence-corrected chi connectivity index (χ3v) is 5.49. The number of carbonyl (C=O) groups excluding carboxylic acids is 1. The van der Waals surface area contributed by atoms with E-state index in [4.69, 9.17) is 0 Å². The number of thioether (sulfide) groups is 1. The normalized spacial score (nSPS) is 16.7. The van der Waals surface area contributed by atoms with Crippen LogP contribution < -0.4 is 10.2 Å². The van der Waals surface area contributed by atoms with Crippen molar-refractivity contribution in [3.05, 3.63) is 30.1 Å². The van der Waals surface area contributed by atoms with Gasteiger partial charge in [0.25, 0.3) is 0 Å². The van der Waals surface area contributed by atoms with Crippen molar-refractivity contribution in [3.8, 4) is 0 Å². The van der Waals surface area contributed by atoms with Crippen molar-refractivity contribution in [1.82, 2.24) is 14.8 Å². The molecule has 2 aromatic rings. The number of benzene rings is 1. The van der Waals surface area contributed by atoms with Gasteiger partial charge in [-0.1, -0.05) is 11.8 Å². The van der Waals surface area contributed by atoms with Gasteiger partial charge in [0, 0.05) is 37.4 Å². The molecule has 0 unspecified atom stereocenters. The van der Waals surface area contributed by atoms with Crippen molar-refractivity contribution < 1.29 is 4.79 Å². The van der Waals surface area contributed by atoms with Gasteiger partial charge < -0.3 is 14.8 Å². The second-order valence-electron chi connectivity index (χ2n) is 6.99. The first-order valence-electron chi connectivity index (χ1n) is 8.76. The molecule has 0 saturated heterocycles. The molecule has 4 rings (SSSR count). The zero-order chi connectivity index (χ0) is 17.4. The first-order valence-corrected chi connectivity index (χ1v) is 9.75. The van der Waals surface area contributed by atoms with Gasteiger partial charge in [-0.3, -0.25) is 4.79 Å². The Morgan fingerprint density at radius 1 is 1.20 bits per heavy atom. The van der Waals surface area contributed by atoms with Crippen LogP contribution in [0, 0.1) is 0 Å². The lowest BCUT2D eigenvalue weighted by atomic mass is 10.2. The molecule has 25 heavy (non-hydrogen) atoms. The number of hydrogen-bond acceptors (Lipinski definition) is 5. The summed E-state index contributed by atoms with van der Waals surface area (Å²) < 4.78 is 2.28. The number of hydrogen-bond donors (Lipinski definition) is 1. The van der Waals surface area contributed by atoms with Crippen LogP contribution in [0.1, 0.15) is 43.5 Å². The summed E-state index contributed by atoms with van der Waals surface area (Å²) in [4.78, 5) is 14.3. The highest BCUT2D eigenvalue weighted by molar-refractivity contribution is 7.99. The maximum absolute atomic E-state index is 12.3. The molecule has 2 saturated carbocycles. The van der Waals surface area contributed by atoms with E-state index in [0.29, 0.717) is 17.7 Å². The van der Waals surface area contributed by atoms with E-state index in [0.717, 1.165) is 22.4 Å². The van der Waals surface area contributed by atoms with Crippen LogP contribution in [0.4, 0.5) is 11.4 Å². The van der Waals surface area contributed by atoms with Crippen LogP contribution in [-0.4, -0.2) is 40.5 Å². The van der Waals surface area contributed by atoms with E-state index in [1.807, 2.05) is 43.3 Å². The topological polar surface area (TPSA) is 63.1 Å². The standard InChI is InChI=1S/C18H23N5OS/c1-22(2)14-7-5-13(6-8-14)19-16(24)11-25-18-21-20-17(12-3-4-12)23(18)15-9-10-15/h5-8,12,15H,3-4,9-11H2,1-2H3,(H,19,24). The number of nitrogens with zero attached hydrogens (tertiary/aromatic N) is 4. The fraction of sp³-hybridized carbons (Fsp3) is 0.500. The molecule has 1 N–H and O–H groups in total. The molecule has 1 aromatic carbocycles. The maximum Gasteiger partial charge on any atom is 0.234 e. The average Bonchev–Trinajstić information content (AvgIpc) is 3.52. The predicted octanol–water partition coefficient (Wildman–Crippen LogP) is 3.29. The molecule has 6 nitrogen and oxygen atoms in total. The van der Waals surface area contributed by atoms with Gasteiger partial charge in [0.1, 0.15) is 5.82 Å². The number of aromatic nitrogens is 3. The number of amides is 1. The highest BCUT2D eigenvalue weighted by Crippen LogP contribution is 2.45. The molecule has 0 aliphatic heterocycles. The van der Waals surface area contributed by atoms with Crippen LogP contribution in [0.5, 0.6) is 0 Å². The van der Waals surface area contributed by atoms with E-state index in [1.165, 1.54) is 37.4 Å². The van der Waals surface area contributed by atoms with Gasteiger partial charge >= 0.3 is 0 Å². The van der Waals surface area contributed by atoms with Crippen LogP contribution in [0.3, 0.4) is 0 Å². The molecule has 0 spiro atoms. The van der Waals surface area contributed by atoms with Gasteiger partial charge in [-0.15, -0.1) is 10.2 Å². The highest BCUT2D eigenvalue weighted by Gasteiger charge is 2.36. The molecule has 1 amide bonds. The Labute approximate surface area is 152 Å². The zero-order valence-electron chi connectivity index (χ0n) is 14.6. The molecule has 0 atom stereocenters. The summed E-state index contributed by atoms with van der Waals surface area (Å²) in [6.45, 7) is 0. The van der Waals surface area contributed by atoms with E-state index in [2.05, 4.69) is 20.1 Å². The third kappa shape index (κ3) is 3.81. The Morgan fingerprint density at radius 3 is 2.52 bits per heavy atom. The van der Waals surface area contributed by atoms with Crippen LogP contribution in [0.2, 0.25) is 0 Å². The average molecular weight is 357 g/mol. The summed E-state index contributed by atoms with van der Waals surface area (Å²) in [6, 6.07) is 8.39. The van der Waals surface area contributed by atoms with Gasteiger partial charge in [-0.2, -0.15) is 0 Å². The highest BCUT2D eigenvalue weighted by atomic mass is 32.2. The predicted molar refractivity (Wildman–Crippen MR) is 100 cm³/mol. The first-order chi connectivity index (χ1) is 12.1. The second kappa shape index (κ2) is 6.71. The Balaban J connectivity index is 1.36. The molecule has 2 fully saturated rings. The fourth-order valence-corrected chi connectivity index (χ4v) is 3.67. The monoisotopic (exact) mass is 357 g/mol. The van der Waals surface area contributed by atoms with Crippen LogP contribution in [-0.2, 0) is 4.79 Å². The molecule has 1 aromatic heterocycles. The van der Waals surface area contributed by atoms with Crippen molar-refractivity contribution in [1.29, 1.82) is 0 Å². The van der Waals surface area contributed by atoms with E-state index in [-0.39, 0.29) is 5.91 Å². The minimum absolute atomic E-state index is 0.0130. The number of carbonyl (C=O) groups is 1. The lowest BCUT2D eigenvalue weighted by Crippen LogP contribution is -2.15. The second-order valence-corrected chi connectivity index (χ2v) is 7.94. The molecule has 0 bridgehead atoms. The lowest BCUT2D eigenvalue weighted by molar-refractivity contribution is -0.113. The lowest BCUT2D eigenvalue weighted by Gasteiger charge is -2.13. The molecular weight excluding hydrogens is 334 g/mol. The smallest absolute Gasteiger partial charge is 0.234 e. The van der Waals surface area contributed by atoms with Gasteiger partial charge in [-0.25, -0.2) is 0 Å². The van der Waals surface area contributed by atoms with Crippen molar-refractivity contribution >= 4 is 29.0 Å². The largest absolute Gasteiger partial charge is 0.378 e. The molecule has 7 heteroatoms. The zero-order valence-corrected chi connectivity index (χ0v) is 15.4. The summed E-state index contributed by atoms with van der Waals surface area (Å²) in [5.41, 5.74) is 1.93. The SMILES string of the molecule is CN(C)c1ccc(NC(=O)CSc2nnc(C3CC3)n2C2CC2)cc1.